The number of halogens is 6. The molecule has 0 fully saturated rings. The van der Waals surface area contributed by atoms with Gasteiger partial charge >= 0.3 is 12.4 Å². The minimum absolute atomic E-state index is 0.0119. The third-order valence-corrected chi connectivity index (χ3v) is 5.51. The van der Waals surface area contributed by atoms with Crippen molar-refractivity contribution in [1.82, 2.24) is 0 Å². The summed E-state index contributed by atoms with van der Waals surface area (Å²) in [6.45, 7) is 10.4. The van der Waals surface area contributed by atoms with Crippen LogP contribution in [0.25, 0.3) is 0 Å². The minimum Gasteiger partial charge on any atom is -0.169 e. The third kappa shape index (κ3) is 3.90. The Kier molecular flexibility index (Phi) is 6.18. The van der Waals surface area contributed by atoms with E-state index in [2.05, 4.69) is 0 Å². The highest BCUT2D eigenvalue weighted by Crippen LogP contribution is 2.56. The van der Waals surface area contributed by atoms with Gasteiger partial charge in [0.25, 0.3) is 0 Å². The average Bonchev–Trinajstić information content (AvgIpc) is 2.53. The number of alkyl halides is 6. The monoisotopic (exact) mass is 416 g/mol. The van der Waals surface area contributed by atoms with Crippen LogP contribution in [0.4, 0.5) is 26.3 Å². The van der Waals surface area contributed by atoms with Crippen LogP contribution in [0.2, 0.25) is 0 Å². The van der Waals surface area contributed by atoms with Crippen LogP contribution in [0.3, 0.4) is 0 Å². The molecule has 0 aliphatic rings. The minimum atomic E-state index is -5.57. The molecule has 0 amide bonds. The van der Waals surface area contributed by atoms with Gasteiger partial charge in [-0.1, -0.05) is 64.1 Å². The van der Waals surface area contributed by atoms with Crippen molar-refractivity contribution in [2.24, 2.45) is 0 Å². The number of aryl methyl sites for hydroxylation is 2. The summed E-state index contributed by atoms with van der Waals surface area (Å²) in [5.74, 6) is -0.221. The van der Waals surface area contributed by atoms with Crippen LogP contribution in [-0.4, -0.2) is 12.4 Å². The first kappa shape index (κ1) is 23.3. The SMILES string of the molecule is Cc1cc(C(c2ccc(C)c(C(C)C)c2)(C(F)(F)F)C(F)(F)F)ccc1C(C)C. The Hall–Kier alpha value is -1.98. The summed E-state index contributed by atoms with van der Waals surface area (Å²) in [6, 6.07) is 6.73. The van der Waals surface area contributed by atoms with Crippen molar-refractivity contribution in [3.63, 3.8) is 0 Å². The fourth-order valence-electron chi connectivity index (χ4n) is 4.03. The molecule has 0 unspecified atom stereocenters. The van der Waals surface area contributed by atoms with Crippen molar-refractivity contribution in [2.75, 3.05) is 0 Å². The lowest BCUT2D eigenvalue weighted by atomic mass is 9.71. The molecule has 0 bridgehead atoms. The fraction of sp³-hybridized carbons (Fsp3) is 0.478. The summed E-state index contributed by atoms with van der Waals surface area (Å²) < 4.78 is 86.1. The predicted molar refractivity (Wildman–Crippen MR) is 103 cm³/mol. The van der Waals surface area contributed by atoms with E-state index in [-0.39, 0.29) is 11.8 Å². The normalized spacial score (nSPS) is 13.4. The first-order valence-corrected chi connectivity index (χ1v) is 9.50. The maximum atomic E-state index is 14.3. The first-order valence-electron chi connectivity index (χ1n) is 9.50. The van der Waals surface area contributed by atoms with Crippen molar-refractivity contribution < 1.29 is 26.3 Å². The lowest BCUT2D eigenvalue weighted by Gasteiger charge is -2.39. The van der Waals surface area contributed by atoms with E-state index >= 15 is 0 Å². The van der Waals surface area contributed by atoms with Crippen LogP contribution in [0, 0.1) is 13.8 Å². The molecule has 0 saturated heterocycles. The van der Waals surface area contributed by atoms with Gasteiger partial charge in [0.05, 0.1) is 0 Å². The molecule has 2 rings (SSSR count). The van der Waals surface area contributed by atoms with Gasteiger partial charge < -0.3 is 0 Å². The van der Waals surface area contributed by atoms with Gasteiger partial charge in [0.2, 0.25) is 5.41 Å². The van der Waals surface area contributed by atoms with Crippen LogP contribution in [0.1, 0.15) is 72.9 Å². The Bertz CT molecular complexity index is 858. The molecule has 0 aliphatic heterocycles. The lowest BCUT2D eigenvalue weighted by Crippen LogP contribution is -2.54. The summed E-state index contributed by atoms with van der Waals surface area (Å²) in [5, 5.41) is 0. The predicted octanol–water partition coefficient (Wildman–Crippen LogP) is 7.96. The second kappa shape index (κ2) is 7.69. The molecule has 0 aromatic heterocycles. The zero-order chi connectivity index (χ0) is 22.4. The molecule has 6 heteroatoms. The Morgan fingerprint density at radius 1 is 0.586 bits per heavy atom. The molecule has 0 spiro atoms. The van der Waals surface area contributed by atoms with Crippen LogP contribution < -0.4 is 0 Å². The van der Waals surface area contributed by atoms with Crippen LogP contribution in [0.15, 0.2) is 36.4 Å². The molecular weight excluding hydrogens is 390 g/mol. The topological polar surface area (TPSA) is 0 Å². The Morgan fingerprint density at radius 2 is 1.03 bits per heavy atom. The highest BCUT2D eigenvalue weighted by Gasteiger charge is 2.72. The molecule has 0 aliphatic carbocycles. The smallest absolute Gasteiger partial charge is 0.169 e. The van der Waals surface area contributed by atoms with Crippen LogP contribution in [-0.2, 0) is 5.41 Å². The number of benzene rings is 2. The summed E-state index contributed by atoms with van der Waals surface area (Å²) in [7, 11) is 0. The maximum absolute atomic E-state index is 14.3. The summed E-state index contributed by atoms with van der Waals surface area (Å²) in [4.78, 5) is 0. The van der Waals surface area contributed by atoms with Gasteiger partial charge in [-0.05, 0) is 59.1 Å². The maximum Gasteiger partial charge on any atom is 0.411 e. The standard InChI is InChI=1S/C23H26F6/c1-13(2)19-10-9-17(11-16(19)6)21(22(24,25)26,23(27,28)29)18-8-7-15(5)20(12-18)14(3)4/h7-14H,1-6H3. The van der Waals surface area contributed by atoms with Gasteiger partial charge in [0.15, 0.2) is 0 Å². The third-order valence-electron chi connectivity index (χ3n) is 5.51. The molecule has 29 heavy (non-hydrogen) atoms. The van der Waals surface area contributed by atoms with Crippen molar-refractivity contribution in [1.29, 1.82) is 0 Å². The molecule has 0 nitrogen and oxygen atoms in total. The van der Waals surface area contributed by atoms with Crippen molar-refractivity contribution >= 4 is 0 Å². The summed E-state index contributed by atoms with van der Waals surface area (Å²) in [6.07, 6.45) is -11.1. The van der Waals surface area contributed by atoms with E-state index in [1.165, 1.54) is 12.1 Å². The van der Waals surface area contributed by atoms with Crippen molar-refractivity contribution in [3.05, 3.63) is 69.8 Å². The molecule has 0 saturated carbocycles. The largest absolute Gasteiger partial charge is 0.411 e. The zero-order valence-corrected chi connectivity index (χ0v) is 17.4. The van der Waals surface area contributed by atoms with E-state index in [9.17, 15) is 26.3 Å². The molecule has 0 atom stereocenters. The van der Waals surface area contributed by atoms with Crippen LogP contribution >= 0.6 is 0 Å². The first-order chi connectivity index (χ1) is 13.1. The second-order valence-corrected chi connectivity index (χ2v) is 8.20. The quantitative estimate of drug-likeness (QED) is 0.444. The molecule has 0 N–H and O–H groups in total. The molecule has 160 valence electrons. The average molecular weight is 416 g/mol. The van der Waals surface area contributed by atoms with Gasteiger partial charge in [-0.3, -0.25) is 0 Å². The fourth-order valence-corrected chi connectivity index (χ4v) is 4.03. The number of hydrogen-bond acceptors (Lipinski definition) is 0. The van der Waals surface area contributed by atoms with E-state index in [4.69, 9.17) is 0 Å². The Balaban J connectivity index is 2.96. The van der Waals surface area contributed by atoms with Crippen LogP contribution in [0.5, 0.6) is 0 Å². The lowest BCUT2D eigenvalue weighted by molar-refractivity contribution is -0.288. The highest BCUT2D eigenvalue weighted by atomic mass is 19.4. The second-order valence-electron chi connectivity index (χ2n) is 8.20. The van der Waals surface area contributed by atoms with E-state index in [0.717, 1.165) is 29.8 Å². The molecule has 2 aromatic rings. The Labute approximate surface area is 167 Å². The van der Waals surface area contributed by atoms with E-state index in [1.807, 2.05) is 13.8 Å². The van der Waals surface area contributed by atoms with Crippen molar-refractivity contribution in [3.8, 4) is 0 Å². The highest BCUT2D eigenvalue weighted by molar-refractivity contribution is 5.49. The van der Waals surface area contributed by atoms with Crippen molar-refractivity contribution in [2.45, 2.75) is 71.1 Å². The molecule has 0 radical (unpaired) electrons. The van der Waals surface area contributed by atoms with E-state index in [1.54, 1.807) is 27.7 Å². The van der Waals surface area contributed by atoms with Gasteiger partial charge in [0, 0.05) is 0 Å². The summed E-state index contributed by atoms with van der Waals surface area (Å²) >= 11 is 0. The van der Waals surface area contributed by atoms with E-state index in [0.29, 0.717) is 16.7 Å². The molecule has 2 aromatic carbocycles. The van der Waals surface area contributed by atoms with Gasteiger partial charge in [-0.2, -0.15) is 26.3 Å². The van der Waals surface area contributed by atoms with Gasteiger partial charge in [-0.15, -0.1) is 0 Å². The zero-order valence-electron chi connectivity index (χ0n) is 17.4. The molecule has 0 heterocycles. The Morgan fingerprint density at radius 3 is 1.45 bits per heavy atom. The van der Waals surface area contributed by atoms with Gasteiger partial charge in [0.1, 0.15) is 0 Å². The number of hydrogen-bond donors (Lipinski definition) is 0. The van der Waals surface area contributed by atoms with E-state index < -0.39 is 28.9 Å². The summed E-state index contributed by atoms with van der Waals surface area (Å²) in [5.41, 5.74) is -3.45. The number of rotatable bonds is 4. The molecular formula is C23H26F6. The van der Waals surface area contributed by atoms with Gasteiger partial charge in [-0.25, -0.2) is 0 Å².